The molecule has 4 rings (SSSR count). The number of amides is 2. The Kier molecular flexibility index (Phi) is 5.43. The van der Waals surface area contributed by atoms with Crippen LogP contribution >= 0.6 is 0 Å². The van der Waals surface area contributed by atoms with Gasteiger partial charge in [0.2, 0.25) is 5.91 Å². The number of imide groups is 1. The summed E-state index contributed by atoms with van der Waals surface area (Å²) in [4.78, 5) is 42.9. The molecule has 0 N–H and O–H groups in total. The molecule has 2 aromatic carbocycles. The van der Waals surface area contributed by atoms with Gasteiger partial charge in [0, 0.05) is 37.4 Å². The SMILES string of the molecule is CC(=O)c1ccc(N2CCN([C@H]3CC(=O)N(c4ccc(C)c(C)c4)C3=O)CC2)cc1. The highest BCUT2D eigenvalue weighted by molar-refractivity contribution is 6.22. The number of aryl methyl sites for hydroxylation is 2. The third-order valence-electron chi connectivity index (χ3n) is 6.27. The van der Waals surface area contributed by atoms with Crippen molar-refractivity contribution in [1.29, 1.82) is 0 Å². The first-order valence-electron chi connectivity index (χ1n) is 10.4. The molecule has 0 aromatic heterocycles. The molecule has 30 heavy (non-hydrogen) atoms. The molecule has 0 radical (unpaired) electrons. The van der Waals surface area contributed by atoms with Crippen molar-refractivity contribution >= 4 is 29.0 Å². The molecule has 0 unspecified atom stereocenters. The molecule has 2 amide bonds. The van der Waals surface area contributed by atoms with Crippen molar-refractivity contribution in [3.63, 3.8) is 0 Å². The van der Waals surface area contributed by atoms with Gasteiger partial charge in [0.1, 0.15) is 0 Å². The molecule has 0 aliphatic carbocycles. The molecule has 2 heterocycles. The number of nitrogens with zero attached hydrogens (tertiary/aromatic N) is 3. The number of rotatable bonds is 4. The number of carbonyl (C=O) groups excluding carboxylic acids is 3. The molecule has 2 fully saturated rings. The molecule has 2 aliphatic heterocycles. The van der Waals surface area contributed by atoms with Gasteiger partial charge < -0.3 is 4.90 Å². The van der Waals surface area contributed by atoms with E-state index in [9.17, 15) is 14.4 Å². The number of ketones is 1. The third-order valence-corrected chi connectivity index (χ3v) is 6.27. The maximum atomic E-state index is 13.1. The highest BCUT2D eigenvalue weighted by Crippen LogP contribution is 2.28. The lowest BCUT2D eigenvalue weighted by Gasteiger charge is -2.38. The van der Waals surface area contributed by atoms with E-state index in [1.807, 2.05) is 56.3 Å². The van der Waals surface area contributed by atoms with Crippen molar-refractivity contribution in [2.45, 2.75) is 33.2 Å². The summed E-state index contributed by atoms with van der Waals surface area (Å²) >= 11 is 0. The smallest absolute Gasteiger partial charge is 0.251 e. The summed E-state index contributed by atoms with van der Waals surface area (Å²) in [6, 6.07) is 13.0. The Morgan fingerprint density at radius 1 is 0.867 bits per heavy atom. The van der Waals surface area contributed by atoms with Crippen molar-refractivity contribution in [1.82, 2.24) is 4.90 Å². The van der Waals surface area contributed by atoms with E-state index >= 15 is 0 Å². The molecule has 2 aromatic rings. The van der Waals surface area contributed by atoms with Crippen LogP contribution in [0.1, 0.15) is 34.8 Å². The number of carbonyl (C=O) groups is 3. The van der Waals surface area contributed by atoms with Crippen LogP contribution in [0.25, 0.3) is 0 Å². The highest BCUT2D eigenvalue weighted by Gasteiger charge is 2.43. The summed E-state index contributed by atoms with van der Waals surface area (Å²) < 4.78 is 0. The van der Waals surface area contributed by atoms with Gasteiger partial charge in [0.15, 0.2) is 5.78 Å². The van der Waals surface area contributed by atoms with Crippen LogP contribution in [0.3, 0.4) is 0 Å². The van der Waals surface area contributed by atoms with Crippen LogP contribution in [-0.4, -0.2) is 54.7 Å². The van der Waals surface area contributed by atoms with Gasteiger partial charge in [-0.25, -0.2) is 4.90 Å². The maximum Gasteiger partial charge on any atom is 0.251 e. The lowest BCUT2D eigenvalue weighted by atomic mass is 10.1. The molecule has 2 aliphatic rings. The molecule has 1 atom stereocenters. The van der Waals surface area contributed by atoms with Gasteiger partial charge in [-0.15, -0.1) is 0 Å². The molecule has 0 bridgehead atoms. The molecular formula is C24H27N3O3. The van der Waals surface area contributed by atoms with E-state index in [-0.39, 0.29) is 30.1 Å². The fraction of sp³-hybridized carbons (Fsp3) is 0.375. The number of hydrogen-bond acceptors (Lipinski definition) is 5. The first kappa shape index (κ1) is 20.3. The fourth-order valence-corrected chi connectivity index (χ4v) is 4.24. The zero-order valence-corrected chi connectivity index (χ0v) is 17.7. The Morgan fingerprint density at radius 2 is 1.50 bits per heavy atom. The summed E-state index contributed by atoms with van der Waals surface area (Å²) in [7, 11) is 0. The van der Waals surface area contributed by atoms with E-state index in [2.05, 4.69) is 9.80 Å². The fourth-order valence-electron chi connectivity index (χ4n) is 4.24. The number of hydrogen-bond donors (Lipinski definition) is 0. The predicted octanol–water partition coefficient (Wildman–Crippen LogP) is 2.96. The van der Waals surface area contributed by atoms with Crippen molar-refractivity contribution in [3.8, 4) is 0 Å². The highest BCUT2D eigenvalue weighted by atomic mass is 16.2. The Balaban J connectivity index is 1.42. The summed E-state index contributed by atoms with van der Waals surface area (Å²) in [5, 5.41) is 0. The van der Waals surface area contributed by atoms with Gasteiger partial charge in [-0.1, -0.05) is 6.07 Å². The van der Waals surface area contributed by atoms with Crippen molar-refractivity contribution in [3.05, 3.63) is 59.2 Å². The lowest BCUT2D eigenvalue weighted by molar-refractivity contribution is -0.123. The zero-order valence-electron chi connectivity index (χ0n) is 17.7. The van der Waals surface area contributed by atoms with Gasteiger partial charge in [-0.3, -0.25) is 19.3 Å². The zero-order chi connectivity index (χ0) is 21.4. The van der Waals surface area contributed by atoms with E-state index in [0.29, 0.717) is 11.3 Å². The van der Waals surface area contributed by atoms with Gasteiger partial charge >= 0.3 is 0 Å². The van der Waals surface area contributed by atoms with Crippen LogP contribution in [0.5, 0.6) is 0 Å². The Labute approximate surface area is 177 Å². The summed E-state index contributed by atoms with van der Waals surface area (Å²) in [5.74, 6) is -0.192. The van der Waals surface area contributed by atoms with Crippen molar-refractivity contribution < 1.29 is 14.4 Å². The average Bonchev–Trinajstić information content (AvgIpc) is 3.04. The second-order valence-corrected chi connectivity index (χ2v) is 8.18. The number of anilines is 2. The second kappa shape index (κ2) is 8.03. The van der Waals surface area contributed by atoms with Crippen LogP contribution in [0.4, 0.5) is 11.4 Å². The largest absolute Gasteiger partial charge is 0.369 e. The minimum absolute atomic E-state index is 0.0594. The maximum absolute atomic E-state index is 13.1. The van der Waals surface area contributed by atoms with Crippen LogP contribution < -0.4 is 9.80 Å². The van der Waals surface area contributed by atoms with Crippen LogP contribution in [0, 0.1) is 13.8 Å². The molecule has 6 heteroatoms. The summed E-state index contributed by atoms with van der Waals surface area (Å²) in [6.45, 7) is 8.57. The first-order valence-corrected chi connectivity index (χ1v) is 10.4. The molecule has 156 valence electrons. The van der Waals surface area contributed by atoms with Gasteiger partial charge in [0.25, 0.3) is 5.91 Å². The van der Waals surface area contributed by atoms with Crippen molar-refractivity contribution in [2.75, 3.05) is 36.0 Å². The minimum atomic E-state index is -0.388. The topological polar surface area (TPSA) is 60.9 Å². The Bertz CT molecular complexity index is 991. The number of Topliss-reactive ketones (excluding diaryl/α,β-unsaturated/α-hetero) is 1. The molecule has 0 saturated carbocycles. The van der Waals surface area contributed by atoms with Crippen molar-refractivity contribution in [2.24, 2.45) is 0 Å². The van der Waals surface area contributed by atoms with Crippen LogP contribution in [0.2, 0.25) is 0 Å². The van der Waals surface area contributed by atoms with E-state index in [0.717, 1.165) is 43.0 Å². The van der Waals surface area contributed by atoms with Crippen LogP contribution in [0.15, 0.2) is 42.5 Å². The minimum Gasteiger partial charge on any atom is -0.369 e. The van der Waals surface area contributed by atoms with Crippen LogP contribution in [-0.2, 0) is 9.59 Å². The number of piperazine rings is 1. The molecule has 2 saturated heterocycles. The predicted molar refractivity (Wildman–Crippen MR) is 117 cm³/mol. The third kappa shape index (κ3) is 3.75. The van der Waals surface area contributed by atoms with E-state index in [4.69, 9.17) is 0 Å². The Hall–Kier alpha value is -2.99. The number of benzene rings is 2. The summed E-state index contributed by atoms with van der Waals surface area (Å²) in [6.07, 6.45) is 0.235. The molecule has 0 spiro atoms. The van der Waals surface area contributed by atoms with E-state index < -0.39 is 0 Å². The standard InChI is InChI=1S/C24H27N3O3/c1-16-4-7-21(14-17(16)2)27-23(29)15-22(24(27)30)26-12-10-25(11-13-26)20-8-5-19(6-9-20)18(3)28/h4-9,14,22H,10-13,15H2,1-3H3/t22-/m0/s1. The van der Waals surface area contributed by atoms with Gasteiger partial charge in [-0.2, -0.15) is 0 Å². The summed E-state index contributed by atoms with van der Waals surface area (Å²) in [5.41, 5.74) is 4.66. The van der Waals surface area contributed by atoms with Gasteiger partial charge in [-0.05, 0) is 68.3 Å². The molecular weight excluding hydrogens is 378 g/mol. The second-order valence-electron chi connectivity index (χ2n) is 8.18. The van der Waals surface area contributed by atoms with Gasteiger partial charge in [0.05, 0.1) is 18.2 Å². The quantitative estimate of drug-likeness (QED) is 0.578. The molecule has 6 nitrogen and oxygen atoms in total. The van der Waals surface area contributed by atoms with E-state index in [1.165, 1.54) is 4.90 Å². The van der Waals surface area contributed by atoms with E-state index in [1.54, 1.807) is 6.92 Å². The normalized spacial score (nSPS) is 20.2. The Morgan fingerprint density at radius 3 is 2.10 bits per heavy atom. The monoisotopic (exact) mass is 405 g/mol. The first-order chi connectivity index (χ1) is 14.3. The average molecular weight is 405 g/mol. The lowest BCUT2D eigenvalue weighted by Crippen LogP contribution is -2.52.